The zero-order chi connectivity index (χ0) is 25.2. The van der Waals surface area contributed by atoms with Crippen LogP contribution in [0, 0.1) is 0 Å². The van der Waals surface area contributed by atoms with E-state index in [9.17, 15) is 4.79 Å². The molecule has 1 fully saturated rings. The van der Waals surface area contributed by atoms with Crippen molar-refractivity contribution in [2.45, 2.75) is 12.8 Å². The molecule has 1 amide bonds. The van der Waals surface area contributed by atoms with Crippen molar-refractivity contribution in [3.8, 4) is 11.4 Å². The molecule has 0 unspecified atom stereocenters. The highest BCUT2D eigenvalue weighted by atomic mass is 16.2. The standard InChI is InChI=1S/C26H35N9O/c1-32(2)12-11-27-25(36)23-21-10-5-18-17-28-26(30-22(18)24(21)34(4)31-23)29-19-6-8-20(9-7-19)35-15-13-33(3)14-16-35/h6-9,17H,5,10-16H2,1-4H3,(H,27,36)(H,28,29,30). The van der Waals surface area contributed by atoms with Gasteiger partial charge in [-0.25, -0.2) is 9.97 Å². The van der Waals surface area contributed by atoms with E-state index >= 15 is 0 Å². The number of rotatable bonds is 7. The second-order valence-electron chi connectivity index (χ2n) is 9.89. The lowest BCUT2D eigenvalue weighted by Gasteiger charge is -2.34. The van der Waals surface area contributed by atoms with Crippen LogP contribution in [0.3, 0.4) is 0 Å². The number of carbonyl (C=O) groups is 1. The zero-order valence-electron chi connectivity index (χ0n) is 21.6. The van der Waals surface area contributed by atoms with Crippen LogP contribution >= 0.6 is 0 Å². The van der Waals surface area contributed by atoms with Gasteiger partial charge in [-0.1, -0.05) is 0 Å². The highest BCUT2D eigenvalue weighted by Gasteiger charge is 2.28. The minimum Gasteiger partial charge on any atom is -0.369 e. The monoisotopic (exact) mass is 489 g/mol. The van der Waals surface area contributed by atoms with Gasteiger partial charge in [0.15, 0.2) is 5.69 Å². The molecule has 0 atom stereocenters. The summed E-state index contributed by atoms with van der Waals surface area (Å²) in [6, 6.07) is 8.43. The number of hydrogen-bond donors (Lipinski definition) is 2. The molecule has 2 aliphatic rings. The van der Waals surface area contributed by atoms with Crippen LogP contribution in [-0.4, -0.2) is 95.9 Å². The lowest BCUT2D eigenvalue weighted by atomic mass is 9.93. The Labute approximate surface area is 212 Å². The Morgan fingerprint density at radius 1 is 1.06 bits per heavy atom. The molecular weight excluding hydrogens is 454 g/mol. The first-order valence-electron chi connectivity index (χ1n) is 12.5. The van der Waals surface area contributed by atoms with Gasteiger partial charge in [-0.3, -0.25) is 9.48 Å². The molecule has 3 heterocycles. The van der Waals surface area contributed by atoms with Gasteiger partial charge in [0, 0.05) is 69.5 Å². The largest absolute Gasteiger partial charge is 0.369 e. The first-order valence-corrected chi connectivity index (χ1v) is 12.5. The fraction of sp³-hybridized carbons (Fsp3) is 0.462. The fourth-order valence-electron chi connectivity index (χ4n) is 4.82. The van der Waals surface area contributed by atoms with E-state index in [-0.39, 0.29) is 5.91 Å². The number of benzene rings is 1. The Morgan fingerprint density at radius 3 is 2.53 bits per heavy atom. The first kappa shape index (κ1) is 24.2. The Bertz CT molecular complexity index is 1230. The van der Waals surface area contributed by atoms with E-state index in [4.69, 9.17) is 4.98 Å². The minimum absolute atomic E-state index is 0.134. The fourth-order valence-corrected chi connectivity index (χ4v) is 4.82. The smallest absolute Gasteiger partial charge is 0.272 e. The molecule has 190 valence electrons. The van der Waals surface area contributed by atoms with Crippen molar-refractivity contribution in [1.29, 1.82) is 0 Å². The molecule has 0 saturated carbocycles. The zero-order valence-corrected chi connectivity index (χ0v) is 21.6. The Hall–Kier alpha value is -3.50. The van der Waals surface area contributed by atoms with Crippen molar-refractivity contribution in [1.82, 2.24) is 34.9 Å². The van der Waals surface area contributed by atoms with Crippen LogP contribution in [0.5, 0.6) is 0 Å². The van der Waals surface area contributed by atoms with Crippen molar-refractivity contribution >= 4 is 23.2 Å². The maximum Gasteiger partial charge on any atom is 0.272 e. The highest BCUT2D eigenvalue weighted by molar-refractivity contribution is 5.96. The van der Waals surface area contributed by atoms with Crippen molar-refractivity contribution in [3.05, 3.63) is 47.3 Å². The number of aryl methyl sites for hydroxylation is 2. The summed E-state index contributed by atoms with van der Waals surface area (Å²) in [4.78, 5) is 29.0. The van der Waals surface area contributed by atoms with Gasteiger partial charge in [0.05, 0.1) is 11.4 Å². The minimum atomic E-state index is -0.134. The summed E-state index contributed by atoms with van der Waals surface area (Å²) < 4.78 is 1.77. The lowest BCUT2D eigenvalue weighted by molar-refractivity contribution is 0.0944. The highest BCUT2D eigenvalue weighted by Crippen LogP contribution is 2.34. The quantitative estimate of drug-likeness (QED) is 0.519. The molecule has 10 nitrogen and oxygen atoms in total. The van der Waals surface area contributed by atoms with Gasteiger partial charge in [0.1, 0.15) is 0 Å². The van der Waals surface area contributed by atoms with Gasteiger partial charge < -0.3 is 25.3 Å². The van der Waals surface area contributed by atoms with E-state index in [0.29, 0.717) is 18.2 Å². The van der Waals surface area contributed by atoms with E-state index in [1.807, 2.05) is 32.2 Å². The second kappa shape index (κ2) is 10.2. The Balaban J connectivity index is 1.33. The number of nitrogens with one attached hydrogen (secondary N) is 2. The van der Waals surface area contributed by atoms with Gasteiger partial charge >= 0.3 is 0 Å². The average molecular weight is 490 g/mol. The predicted octanol–water partition coefficient (Wildman–Crippen LogP) is 1.76. The number of aromatic nitrogens is 4. The maximum absolute atomic E-state index is 12.8. The summed E-state index contributed by atoms with van der Waals surface area (Å²) in [6.45, 7) is 5.61. The molecule has 10 heteroatoms. The number of nitrogens with zero attached hydrogens (tertiary/aromatic N) is 7. The van der Waals surface area contributed by atoms with E-state index in [1.165, 1.54) is 5.69 Å². The molecule has 0 bridgehead atoms. The third-order valence-corrected chi connectivity index (χ3v) is 6.93. The summed E-state index contributed by atoms with van der Waals surface area (Å²) in [5.41, 5.74) is 6.42. The van der Waals surface area contributed by atoms with E-state index < -0.39 is 0 Å². The van der Waals surface area contributed by atoms with Crippen LogP contribution in [0.15, 0.2) is 30.5 Å². The summed E-state index contributed by atoms with van der Waals surface area (Å²) >= 11 is 0. The molecule has 2 N–H and O–H groups in total. The van der Waals surface area contributed by atoms with Crippen LogP contribution in [0.1, 0.15) is 21.6 Å². The molecular formula is C26H35N9O. The van der Waals surface area contributed by atoms with Crippen molar-refractivity contribution in [3.63, 3.8) is 0 Å². The van der Waals surface area contributed by atoms with Crippen molar-refractivity contribution in [2.75, 3.05) is 70.6 Å². The molecule has 1 aliphatic heterocycles. The summed E-state index contributed by atoms with van der Waals surface area (Å²) in [6.07, 6.45) is 3.42. The number of anilines is 3. The predicted molar refractivity (Wildman–Crippen MR) is 142 cm³/mol. The van der Waals surface area contributed by atoms with Gasteiger partial charge in [-0.15, -0.1) is 0 Å². The number of hydrogen-bond acceptors (Lipinski definition) is 8. The van der Waals surface area contributed by atoms with Gasteiger partial charge in [-0.05, 0) is 63.8 Å². The number of amides is 1. The van der Waals surface area contributed by atoms with Crippen molar-refractivity contribution in [2.24, 2.45) is 7.05 Å². The normalized spacial score (nSPS) is 15.5. The van der Waals surface area contributed by atoms with Crippen LogP contribution in [-0.2, 0) is 19.9 Å². The number of carbonyl (C=O) groups excluding carboxylic acids is 1. The van der Waals surface area contributed by atoms with Crippen LogP contribution in [0.4, 0.5) is 17.3 Å². The molecule has 1 aliphatic carbocycles. The average Bonchev–Trinajstić information content (AvgIpc) is 3.22. The molecule has 5 rings (SSSR count). The van der Waals surface area contributed by atoms with E-state index in [2.05, 4.69) is 61.8 Å². The number of piperazine rings is 1. The molecule has 1 aromatic carbocycles. The lowest BCUT2D eigenvalue weighted by Crippen LogP contribution is -2.44. The summed E-state index contributed by atoms with van der Waals surface area (Å²) in [7, 11) is 8.01. The Morgan fingerprint density at radius 2 is 1.81 bits per heavy atom. The molecule has 2 aromatic heterocycles. The number of likely N-dealkylation sites (N-methyl/N-ethyl adjacent to an activating group) is 2. The third kappa shape index (κ3) is 5.05. The Kier molecular flexibility index (Phi) is 6.88. The second-order valence-corrected chi connectivity index (χ2v) is 9.89. The van der Waals surface area contributed by atoms with Crippen molar-refractivity contribution < 1.29 is 4.79 Å². The molecule has 36 heavy (non-hydrogen) atoms. The first-order chi connectivity index (χ1) is 17.4. The van der Waals surface area contributed by atoms with Gasteiger partial charge in [0.2, 0.25) is 5.95 Å². The third-order valence-electron chi connectivity index (χ3n) is 6.93. The van der Waals surface area contributed by atoms with Crippen LogP contribution in [0.2, 0.25) is 0 Å². The van der Waals surface area contributed by atoms with E-state index in [1.54, 1.807) is 4.68 Å². The van der Waals surface area contributed by atoms with Crippen LogP contribution in [0.25, 0.3) is 11.4 Å². The van der Waals surface area contributed by atoms with Crippen LogP contribution < -0.4 is 15.5 Å². The topological polar surface area (TPSA) is 94.4 Å². The molecule has 3 aromatic rings. The summed E-state index contributed by atoms with van der Waals surface area (Å²) in [5, 5.41) is 10.9. The maximum atomic E-state index is 12.8. The SMILES string of the molecule is CN(C)CCNC(=O)c1nn(C)c2c1CCc1cnc(Nc3ccc(N4CCN(C)CC4)cc3)nc1-2. The van der Waals surface area contributed by atoms with Gasteiger partial charge in [0.25, 0.3) is 5.91 Å². The van der Waals surface area contributed by atoms with E-state index in [0.717, 1.165) is 73.8 Å². The summed E-state index contributed by atoms with van der Waals surface area (Å²) in [5.74, 6) is 0.400. The van der Waals surface area contributed by atoms with Gasteiger partial charge in [-0.2, -0.15) is 5.10 Å². The number of fused-ring (bicyclic) bond motifs is 3. The molecule has 0 radical (unpaired) electrons. The molecule has 1 saturated heterocycles. The molecule has 0 spiro atoms.